The predicted octanol–water partition coefficient (Wildman–Crippen LogP) is 3.26. The summed E-state index contributed by atoms with van der Waals surface area (Å²) in [6, 6.07) is 14.9. The number of halogens is 1. The molecule has 2 nitrogen and oxygen atoms in total. The van der Waals surface area contributed by atoms with E-state index in [0.717, 1.165) is 4.90 Å². The Morgan fingerprint density at radius 3 is 2.29 bits per heavy atom. The van der Waals surface area contributed by atoms with Crippen LogP contribution in [0.15, 0.2) is 59.5 Å². The Bertz CT molecular complexity index is 499. The van der Waals surface area contributed by atoms with Crippen LogP contribution in [0.25, 0.3) is 0 Å². The van der Waals surface area contributed by atoms with E-state index in [9.17, 15) is 9.18 Å². The fraction of sp³-hybridized carbons (Fsp3) is 0. The van der Waals surface area contributed by atoms with E-state index < -0.39 is 0 Å². The highest BCUT2D eigenvalue weighted by Gasteiger charge is 2.04. The highest BCUT2D eigenvalue weighted by Crippen LogP contribution is 2.15. The van der Waals surface area contributed by atoms with E-state index in [1.165, 1.54) is 24.1 Å². The van der Waals surface area contributed by atoms with Gasteiger partial charge < -0.3 is 0 Å². The molecule has 0 heterocycles. The lowest BCUT2D eigenvalue weighted by Crippen LogP contribution is -2.15. The van der Waals surface area contributed by atoms with E-state index in [2.05, 4.69) is 4.72 Å². The first-order valence-corrected chi connectivity index (χ1v) is 5.85. The molecule has 0 spiro atoms. The molecule has 0 saturated carbocycles. The van der Waals surface area contributed by atoms with Crippen molar-refractivity contribution in [2.45, 2.75) is 4.90 Å². The molecule has 1 N–H and O–H groups in total. The van der Waals surface area contributed by atoms with Gasteiger partial charge in [0, 0.05) is 10.5 Å². The molecule has 2 aromatic rings. The Morgan fingerprint density at radius 2 is 1.65 bits per heavy atom. The van der Waals surface area contributed by atoms with Gasteiger partial charge >= 0.3 is 0 Å². The van der Waals surface area contributed by atoms with Crippen LogP contribution in [0.2, 0.25) is 0 Å². The zero-order valence-corrected chi connectivity index (χ0v) is 9.71. The van der Waals surface area contributed by atoms with Crippen molar-refractivity contribution in [1.29, 1.82) is 0 Å². The molecule has 0 unspecified atom stereocenters. The fourth-order valence-electron chi connectivity index (χ4n) is 1.26. The van der Waals surface area contributed by atoms with Crippen LogP contribution in [0, 0.1) is 5.82 Å². The van der Waals surface area contributed by atoms with E-state index in [1.54, 1.807) is 36.4 Å². The van der Waals surface area contributed by atoms with Crippen LogP contribution < -0.4 is 4.72 Å². The molecular weight excluding hydrogens is 237 g/mol. The van der Waals surface area contributed by atoms with Gasteiger partial charge in [-0.3, -0.25) is 9.52 Å². The molecule has 0 aliphatic rings. The van der Waals surface area contributed by atoms with Gasteiger partial charge in [-0.1, -0.05) is 18.2 Å². The number of amides is 1. The van der Waals surface area contributed by atoms with E-state index in [4.69, 9.17) is 0 Å². The van der Waals surface area contributed by atoms with Crippen molar-refractivity contribution in [2.75, 3.05) is 0 Å². The fourth-order valence-corrected chi connectivity index (χ4v) is 1.86. The molecular formula is C13H10FNOS. The maximum absolute atomic E-state index is 12.7. The van der Waals surface area contributed by atoms with Crippen LogP contribution in [0.3, 0.4) is 0 Å². The van der Waals surface area contributed by atoms with Crippen molar-refractivity contribution in [3.8, 4) is 0 Å². The third kappa shape index (κ3) is 3.32. The number of hydrogen-bond acceptors (Lipinski definition) is 2. The monoisotopic (exact) mass is 247 g/mol. The van der Waals surface area contributed by atoms with Gasteiger partial charge in [0.1, 0.15) is 5.82 Å². The first-order chi connectivity index (χ1) is 8.25. The van der Waals surface area contributed by atoms with Crippen molar-refractivity contribution in [3.05, 3.63) is 66.0 Å². The summed E-state index contributed by atoms with van der Waals surface area (Å²) in [6.45, 7) is 0. The molecule has 0 radical (unpaired) electrons. The number of rotatable bonds is 3. The van der Waals surface area contributed by atoms with Crippen LogP contribution in [-0.2, 0) is 0 Å². The molecule has 0 atom stereocenters. The molecule has 0 bridgehead atoms. The second-order valence-electron chi connectivity index (χ2n) is 3.35. The molecule has 0 aliphatic carbocycles. The smallest absolute Gasteiger partial charge is 0.261 e. The minimum atomic E-state index is -0.288. The van der Waals surface area contributed by atoms with Crippen LogP contribution >= 0.6 is 11.9 Å². The standard InChI is InChI=1S/C13H10FNOS/c14-11-6-8-12(9-7-11)17-15-13(16)10-4-2-1-3-5-10/h1-9H,(H,15,16). The first-order valence-electron chi connectivity index (χ1n) is 5.03. The normalized spacial score (nSPS) is 9.94. The van der Waals surface area contributed by atoms with Crippen LogP contribution in [0.4, 0.5) is 4.39 Å². The number of carbonyl (C=O) groups excluding carboxylic acids is 1. The van der Waals surface area contributed by atoms with Crippen molar-refractivity contribution >= 4 is 17.9 Å². The zero-order valence-electron chi connectivity index (χ0n) is 8.89. The molecule has 0 fully saturated rings. The Hall–Kier alpha value is -1.81. The van der Waals surface area contributed by atoms with Gasteiger partial charge in [0.05, 0.1) is 0 Å². The Kier molecular flexibility index (Phi) is 3.77. The number of carbonyl (C=O) groups is 1. The number of nitrogens with one attached hydrogen (secondary N) is 1. The molecule has 4 heteroatoms. The first kappa shape index (κ1) is 11.7. The lowest BCUT2D eigenvalue weighted by Gasteiger charge is -2.03. The van der Waals surface area contributed by atoms with Crippen LogP contribution in [0.1, 0.15) is 10.4 Å². The quantitative estimate of drug-likeness (QED) is 0.843. The van der Waals surface area contributed by atoms with Gasteiger partial charge in [-0.05, 0) is 48.3 Å². The molecule has 2 rings (SSSR count). The zero-order chi connectivity index (χ0) is 12.1. The van der Waals surface area contributed by atoms with Crippen LogP contribution in [0.5, 0.6) is 0 Å². The SMILES string of the molecule is O=C(NSc1ccc(F)cc1)c1ccccc1. The van der Waals surface area contributed by atoms with Gasteiger partial charge in [0.15, 0.2) is 0 Å². The van der Waals surface area contributed by atoms with Crippen molar-refractivity contribution in [2.24, 2.45) is 0 Å². The number of benzene rings is 2. The average Bonchev–Trinajstić information content (AvgIpc) is 2.39. The summed E-state index contributed by atoms with van der Waals surface area (Å²) in [7, 11) is 0. The summed E-state index contributed by atoms with van der Waals surface area (Å²) >= 11 is 1.17. The number of hydrogen-bond donors (Lipinski definition) is 1. The second-order valence-corrected chi connectivity index (χ2v) is 4.23. The largest absolute Gasteiger partial charge is 0.292 e. The maximum Gasteiger partial charge on any atom is 0.261 e. The summed E-state index contributed by atoms with van der Waals surface area (Å²) in [4.78, 5) is 12.5. The topological polar surface area (TPSA) is 29.1 Å². The molecule has 1 amide bonds. The van der Waals surface area contributed by atoms with E-state index in [-0.39, 0.29) is 11.7 Å². The highest BCUT2D eigenvalue weighted by molar-refractivity contribution is 7.98. The van der Waals surface area contributed by atoms with Gasteiger partial charge in [-0.15, -0.1) is 0 Å². The maximum atomic E-state index is 12.7. The average molecular weight is 247 g/mol. The Labute approximate surface area is 103 Å². The molecule has 17 heavy (non-hydrogen) atoms. The van der Waals surface area contributed by atoms with E-state index in [1.807, 2.05) is 6.07 Å². The summed E-state index contributed by atoms with van der Waals surface area (Å²) < 4.78 is 15.3. The predicted molar refractivity (Wildman–Crippen MR) is 66.2 cm³/mol. The summed E-state index contributed by atoms with van der Waals surface area (Å²) in [5.74, 6) is -0.455. The molecule has 2 aromatic carbocycles. The lowest BCUT2D eigenvalue weighted by molar-refractivity contribution is 0.0984. The van der Waals surface area contributed by atoms with Crippen molar-refractivity contribution < 1.29 is 9.18 Å². The third-order valence-electron chi connectivity index (χ3n) is 2.11. The minimum Gasteiger partial charge on any atom is -0.292 e. The molecule has 86 valence electrons. The minimum absolute atomic E-state index is 0.167. The lowest BCUT2D eigenvalue weighted by atomic mass is 10.2. The van der Waals surface area contributed by atoms with E-state index in [0.29, 0.717) is 5.56 Å². The van der Waals surface area contributed by atoms with Crippen LogP contribution in [-0.4, -0.2) is 5.91 Å². The molecule has 0 aliphatic heterocycles. The highest BCUT2D eigenvalue weighted by atomic mass is 32.2. The Balaban J connectivity index is 1.95. The van der Waals surface area contributed by atoms with Gasteiger partial charge in [0.2, 0.25) is 0 Å². The second kappa shape index (κ2) is 5.50. The van der Waals surface area contributed by atoms with Gasteiger partial charge in [0.25, 0.3) is 5.91 Å². The molecule has 0 aromatic heterocycles. The Morgan fingerprint density at radius 1 is 1.00 bits per heavy atom. The molecule has 0 saturated heterocycles. The third-order valence-corrected chi connectivity index (χ3v) is 2.91. The van der Waals surface area contributed by atoms with Gasteiger partial charge in [-0.2, -0.15) is 0 Å². The van der Waals surface area contributed by atoms with Crippen molar-refractivity contribution in [1.82, 2.24) is 4.72 Å². The summed E-state index contributed by atoms with van der Waals surface area (Å²) in [6.07, 6.45) is 0. The summed E-state index contributed by atoms with van der Waals surface area (Å²) in [5, 5.41) is 0. The van der Waals surface area contributed by atoms with Gasteiger partial charge in [-0.25, -0.2) is 4.39 Å². The van der Waals surface area contributed by atoms with Crippen molar-refractivity contribution in [3.63, 3.8) is 0 Å². The van der Waals surface area contributed by atoms with E-state index >= 15 is 0 Å². The summed E-state index contributed by atoms with van der Waals surface area (Å²) in [5.41, 5.74) is 0.599.